The zero-order valence-electron chi connectivity index (χ0n) is 18.5. The normalized spacial score (nSPS) is 12.7. The molecule has 2 aromatic heterocycles. The maximum atomic E-state index is 2.43. The van der Waals surface area contributed by atoms with Gasteiger partial charge in [-0.1, -0.05) is 82.6 Å². The van der Waals surface area contributed by atoms with E-state index in [1.807, 2.05) is 34.4 Å². The lowest BCUT2D eigenvalue weighted by molar-refractivity contribution is 0.668. The van der Waals surface area contributed by atoms with Crippen LogP contribution in [-0.4, -0.2) is 6.26 Å². The molecule has 4 rings (SSSR count). The van der Waals surface area contributed by atoms with Crippen LogP contribution in [0.25, 0.3) is 31.0 Å². The summed E-state index contributed by atoms with van der Waals surface area (Å²) in [7, 11) is 0. The van der Waals surface area contributed by atoms with Crippen molar-refractivity contribution >= 4 is 43.8 Å². The van der Waals surface area contributed by atoms with Gasteiger partial charge in [-0.2, -0.15) is 0 Å². The highest BCUT2D eigenvalue weighted by atomic mass is 32.2. The summed E-state index contributed by atoms with van der Waals surface area (Å²) in [6.45, 7) is 9.24. The second-order valence-electron chi connectivity index (χ2n) is 8.28. The Labute approximate surface area is 193 Å². The molecule has 156 valence electrons. The minimum atomic E-state index is 0.506. The van der Waals surface area contributed by atoms with Gasteiger partial charge in [-0.3, -0.25) is 0 Å². The molecule has 4 aromatic rings. The molecule has 0 aliphatic rings. The SMILES string of the molecule is CCCC(C)c1sc2cc(-c3ccccc3-c3ccccc3C(C)C)sc2c1SC. The van der Waals surface area contributed by atoms with E-state index in [-0.39, 0.29) is 0 Å². The third-order valence-electron chi connectivity index (χ3n) is 5.79. The summed E-state index contributed by atoms with van der Waals surface area (Å²) in [5, 5.41) is 0. The third-order valence-corrected chi connectivity index (χ3v) is 9.56. The standard InChI is InChI=1S/C27H30S3/c1-6-11-18(4)25-27(28-5)26-24(30-25)16-23(29-26)22-15-10-9-14-21(22)20-13-8-7-12-19(20)17(2)3/h7-10,12-18H,6,11H2,1-5H3. The lowest BCUT2D eigenvalue weighted by atomic mass is 9.90. The van der Waals surface area contributed by atoms with Crippen LogP contribution in [0.15, 0.2) is 59.5 Å². The Hall–Kier alpha value is -1.55. The summed E-state index contributed by atoms with van der Waals surface area (Å²) in [4.78, 5) is 4.47. The van der Waals surface area contributed by atoms with Gasteiger partial charge < -0.3 is 0 Å². The van der Waals surface area contributed by atoms with Gasteiger partial charge in [-0.15, -0.1) is 34.4 Å². The van der Waals surface area contributed by atoms with Crippen LogP contribution in [0.4, 0.5) is 0 Å². The minimum Gasteiger partial charge on any atom is -0.138 e. The summed E-state index contributed by atoms with van der Waals surface area (Å²) >= 11 is 5.90. The lowest BCUT2D eigenvalue weighted by Crippen LogP contribution is -1.93. The number of rotatable bonds is 7. The summed E-state index contributed by atoms with van der Waals surface area (Å²) in [5.41, 5.74) is 5.49. The summed E-state index contributed by atoms with van der Waals surface area (Å²) < 4.78 is 2.93. The van der Waals surface area contributed by atoms with Crippen LogP contribution in [0.1, 0.15) is 62.8 Å². The fraction of sp³-hybridized carbons (Fsp3) is 0.333. The number of benzene rings is 2. The second kappa shape index (κ2) is 9.30. The number of hydrogen-bond donors (Lipinski definition) is 0. The molecular formula is C27H30S3. The fourth-order valence-electron chi connectivity index (χ4n) is 4.28. The van der Waals surface area contributed by atoms with Gasteiger partial charge in [0.25, 0.3) is 0 Å². The van der Waals surface area contributed by atoms with Crippen molar-refractivity contribution in [1.29, 1.82) is 0 Å². The molecule has 0 fully saturated rings. The van der Waals surface area contributed by atoms with Crippen molar-refractivity contribution < 1.29 is 0 Å². The molecule has 0 N–H and O–H groups in total. The van der Waals surface area contributed by atoms with E-state index in [1.54, 1.807) is 4.88 Å². The molecule has 0 spiro atoms. The van der Waals surface area contributed by atoms with E-state index >= 15 is 0 Å². The Morgan fingerprint density at radius 1 is 0.867 bits per heavy atom. The summed E-state index contributed by atoms with van der Waals surface area (Å²) in [6.07, 6.45) is 4.74. The highest BCUT2D eigenvalue weighted by molar-refractivity contribution is 7.99. The van der Waals surface area contributed by atoms with Gasteiger partial charge in [0.15, 0.2) is 0 Å². The first-order valence-corrected chi connectivity index (χ1v) is 13.7. The first-order valence-electron chi connectivity index (χ1n) is 10.8. The minimum absolute atomic E-state index is 0.506. The van der Waals surface area contributed by atoms with Crippen LogP contribution in [-0.2, 0) is 0 Å². The smallest absolute Gasteiger partial charge is 0.0596 e. The number of fused-ring (bicyclic) bond motifs is 1. The topological polar surface area (TPSA) is 0 Å². The molecule has 0 amide bonds. The summed E-state index contributed by atoms with van der Waals surface area (Å²) in [5.74, 6) is 1.16. The molecule has 0 aliphatic carbocycles. The van der Waals surface area contributed by atoms with E-state index in [0.29, 0.717) is 11.8 Å². The lowest BCUT2D eigenvalue weighted by Gasteiger charge is -2.15. The molecule has 1 atom stereocenters. The van der Waals surface area contributed by atoms with E-state index < -0.39 is 0 Å². The Morgan fingerprint density at radius 2 is 1.53 bits per heavy atom. The van der Waals surface area contributed by atoms with Crippen molar-refractivity contribution in [2.75, 3.05) is 6.26 Å². The van der Waals surface area contributed by atoms with Gasteiger partial charge in [0.05, 0.1) is 4.70 Å². The molecule has 0 bridgehead atoms. The first-order chi connectivity index (χ1) is 14.5. The van der Waals surface area contributed by atoms with Gasteiger partial charge in [0, 0.05) is 19.3 Å². The van der Waals surface area contributed by atoms with Gasteiger partial charge in [0.1, 0.15) is 0 Å². The average Bonchev–Trinajstić information content (AvgIpc) is 3.31. The average molecular weight is 451 g/mol. The Kier molecular flexibility index (Phi) is 6.72. The Morgan fingerprint density at radius 3 is 2.20 bits per heavy atom. The van der Waals surface area contributed by atoms with E-state index in [4.69, 9.17) is 0 Å². The maximum absolute atomic E-state index is 2.43. The van der Waals surface area contributed by atoms with Crippen molar-refractivity contribution in [2.24, 2.45) is 0 Å². The molecule has 3 heteroatoms. The molecule has 0 radical (unpaired) electrons. The van der Waals surface area contributed by atoms with Gasteiger partial charge in [0.2, 0.25) is 0 Å². The van der Waals surface area contributed by atoms with Crippen LogP contribution in [0.3, 0.4) is 0 Å². The van der Waals surface area contributed by atoms with Crippen molar-refractivity contribution in [2.45, 2.75) is 57.3 Å². The number of thiophene rings is 2. The van der Waals surface area contributed by atoms with Crippen molar-refractivity contribution in [3.8, 4) is 21.6 Å². The Bertz CT molecular complexity index is 1150. The number of hydrogen-bond acceptors (Lipinski definition) is 3. The number of thioether (sulfide) groups is 1. The molecule has 0 nitrogen and oxygen atoms in total. The molecule has 2 aromatic carbocycles. The molecule has 1 unspecified atom stereocenters. The zero-order chi connectivity index (χ0) is 21.3. The molecular weight excluding hydrogens is 420 g/mol. The monoisotopic (exact) mass is 450 g/mol. The predicted octanol–water partition coefficient (Wildman–Crippen LogP) is 10.0. The highest BCUT2D eigenvalue weighted by Gasteiger charge is 2.20. The van der Waals surface area contributed by atoms with Crippen LogP contribution < -0.4 is 0 Å². The van der Waals surface area contributed by atoms with Crippen LogP contribution in [0.5, 0.6) is 0 Å². The molecule has 0 aliphatic heterocycles. The van der Waals surface area contributed by atoms with Gasteiger partial charge in [-0.25, -0.2) is 0 Å². The van der Waals surface area contributed by atoms with Crippen molar-refractivity contribution in [3.63, 3.8) is 0 Å². The van der Waals surface area contributed by atoms with E-state index in [0.717, 1.165) is 0 Å². The molecule has 2 heterocycles. The highest BCUT2D eigenvalue weighted by Crippen LogP contribution is 2.49. The van der Waals surface area contributed by atoms with Crippen molar-refractivity contribution in [3.05, 3.63) is 65.0 Å². The van der Waals surface area contributed by atoms with Crippen LogP contribution >= 0.6 is 34.4 Å². The van der Waals surface area contributed by atoms with Crippen molar-refractivity contribution in [1.82, 2.24) is 0 Å². The molecule has 0 saturated carbocycles. The zero-order valence-corrected chi connectivity index (χ0v) is 20.9. The quantitative estimate of drug-likeness (QED) is 0.252. The van der Waals surface area contributed by atoms with Crippen LogP contribution in [0.2, 0.25) is 0 Å². The largest absolute Gasteiger partial charge is 0.138 e. The molecule has 30 heavy (non-hydrogen) atoms. The van der Waals surface area contributed by atoms with Gasteiger partial charge >= 0.3 is 0 Å². The third kappa shape index (κ3) is 4.00. The predicted molar refractivity (Wildman–Crippen MR) is 140 cm³/mol. The first kappa shape index (κ1) is 21.7. The van der Waals surface area contributed by atoms with Crippen LogP contribution in [0, 0.1) is 0 Å². The Balaban J connectivity index is 1.84. The van der Waals surface area contributed by atoms with Gasteiger partial charge in [-0.05, 0) is 52.8 Å². The molecule has 0 saturated heterocycles. The maximum Gasteiger partial charge on any atom is 0.0596 e. The summed E-state index contributed by atoms with van der Waals surface area (Å²) in [6, 6.07) is 20.2. The fourth-order valence-corrected chi connectivity index (χ4v) is 8.35. The van der Waals surface area contributed by atoms with E-state index in [9.17, 15) is 0 Å². The van der Waals surface area contributed by atoms with E-state index in [1.165, 1.54) is 54.3 Å². The second-order valence-corrected chi connectivity index (χ2v) is 11.2. The van der Waals surface area contributed by atoms with E-state index in [2.05, 4.69) is 88.5 Å².